The fourth-order valence-electron chi connectivity index (χ4n) is 2.83. The molecular formula is C18H19ClN2O. The minimum atomic E-state index is 0.183. The zero-order valence-electron chi connectivity index (χ0n) is 12.8. The van der Waals surface area contributed by atoms with E-state index in [2.05, 4.69) is 18.3 Å². The summed E-state index contributed by atoms with van der Waals surface area (Å²) in [4.78, 5) is 13.5. The van der Waals surface area contributed by atoms with Crippen LogP contribution in [0.4, 0.5) is 11.4 Å². The average molecular weight is 315 g/mol. The lowest BCUT2D eigenvalue weighted by Crippen LogP contribution is -2.31. The maximum atomic E-state index is 11.7. The van der Waals surface area contributed by atoms with Gasteiger partial charge in [0, 0.05) is 35.9 Å². The van der Waals surface area contributed by atoms with E-state index in [0.717, 1.165) is 22.8 Å². The summed E-state index contributed by atoms with van der Waals surface area (Å²) >= 11 is 5.93. The number of fused-ring (bicyclic) bond motifs is 1. The van der Waals surface area contributed by atoms with Crippen molar-refractivity contribution in [3.63, 3.8) is 0 Å². The first-order valence-corrected chi connectivity index (χ1v) is 7.84. The molecule has 2 aromatic rings. The smallest absolute Gasteiger partial charge is 0.227 e. The molecule has 22 heavy (non-hydrogen) atoms. The lowest BCUT2D eigenvalue weighted by atomic mass is 10.0. The number of anilines is 2. The molecule has 4 heteroatoms. The third kappa shape index (κ3) is 2.95. The van der Waals surface area contributed by atoms with Crippen LogP contribution in [0, 0.1) is 0 Å². The van der Waals surface area contributed by atoms with Gasteiger partial charge in [0.15, 0.2) is 0 Å². The number of amides is 1. The summed E-state index contributed by atoms with van der Waals surface area (Å²) in [6.45, 7) is 2.12. The molecule has 0 spiro atoms. The number of rotatable bonds is 3. The van der Waals surface area contributed by atoms with E-state index in [4.69, 9.17) is 11.6 Å². The zero-order valence-corrected chi connectivity index (χ0v) is 13.5. The van der Waals surface area contributed by atoms with Gasteiger partial charge in [0.2, 0.25) is 5.91 Å². The molecule has 3 rings (SSSR count). The molecule has 0 bridgehead atoms. The normalized spacial score (nSPS) is 15.4. The van der Waals surface area contributed by atoms with Crippen LogP contribution in [0.25, 0.3) is 0 Å². The first-order chi connectivity index (χ1) is 10.5. The van der Waals surface area contributed by atoms with Crippen LogP contribution in [0.2, 0.25) is 5.02 Å². The number of aryl methyl sites for hydroxylation is 1. The van der Waals surface area contributed by atoms with Gasteiger partial charge in [-0.05, 0) is 54.8 Å². The van der Waals surface area contributed by atoms with Gasteiger partial charge in [-0.1, -0.05) is 23.7 Å². The second kappa shape index (κ2) is 6.01. The van der Waals surface area contributed by atoms with Crippen molar-refractivity contribution < 1.29 is 4.79 Å². The summed E-state index contributed by atoms with van der Waals surface area (Å²) in [5, 5.41) is 4.25. The number of nitrogens with zero attached hydrogens (tertiary/aromatic N) is 1. The number of hydrogen-bond donors (Lipinski definition) is 1. The number of halogens is 1. The van der Waals surface area contributed by atoms with Crippen molar-refractivity contribution in [1.82, 2.24) is 0 Å². The Hall–Kier alpha value is -2.00. The second-order valence-electron chi connectivity index (χ2n) is 5.71. The Bertz CT molecular complexity index is 697. The first kappa shape index (κ1) is 14.9. The van der Waals surface area contributed by atoms with E-state index in [0.29, 0.717) is 6.42 Å². The highest BCUT2D eigenvalue weighted by Gasteiger charge is 2.20. The first-order valence-electron chi connectivity index (χ1n) is 7.46. The molecule has 3 nitrogen and oxygen atoms in total. The lowest BCUT2D eigenvalue weighted by molar-refractivity contribution is -0.118. The molecule has 1 aliphatic rings. The highest BCUT2D eigenvalue weighted by molar-refractivity contribution is 6.30. The van der Waals surface area contributed by atoms with Crippen LogP contribution in [0.5, 0.6) is 0 Å². The SMILES string of the molecule is CC(Nc1ccc2c(c1)CCC(=O)N2C)c1ccc(Cl)cc1. The van der Waals surface area contributed by atoms with Crippen molar-refractivity contribution in [3.8, 4) is 0 Å². The molecule has 1 atom stereocenters. The minimum Gasteiger partial charge on any atom is -0.379 e. The summed E-state index contributed by atoms with van der Waals surface area (Å²) in [6, 6.07) is 14.3. The topological polar surface area (TPSA) is 32.3 Å². The van der Waals surface area contributed by atoms with E-state index in [9.17, 15) is 4.79 Å². The standard InChI is InChI=1S/C18H19ClN2O/c1-12(13-3-6-15(19)7-4-13)20-16-8-9-17-14(11-16)5-10-18(22)21(17)2/h3-4,6-9,11-12,20H,5,10H2,1-2H3. The minimum absolute atomic E-state index is 0.183. The highest BCUT2D eigenvalue weighted by Crippen LogP contribution is 2.30. The second-order valence-corrected chi connectivity index (χ2v) is 6.15. The average Bonchev–Trinajstić information content (AvgIpc) is 2.51. The summed E-state index contributed by atoms with van der Waals surface area (Å²) in [7, 11) is 1.84. The Morgan fingerprint density at radius 3 is 2.59 bits per heavy atom. The molecule has 1 heterocycles. The van der Waals surface area contributed by atoms with E-state index in [-0.39, 0.29) is 11.9 Å². The molecule has 1 unspecified atom stereocenters. The quantitative estimate of drug-likeness (QED) is 0.909. The number of hydrogen-bond acceptors (Lipinski definition) is 2. The molecule has 2 aromatic carbocycles. The molecule has 0 fully saturated rings. The van der Waals surface area contributed by atoms with E-state index >= 15 is 0 Å². The maximum absolute atomic E-state index is 11.7. The predicted molar refractivity (Wildman–Crippen MR) is 91.7 cm³/mol. The Balaban J connectivity index is 1.79. The molecule has 0 aliphatic carbocycles. The van der Waals surface area contributed by atoms with Gasteiger partial charge in [0.1, 0.15) is 0 Å². The van der Waals surface area contributed by atoms with Crippen LogP contribution < -0.4 is 10.2 Å². The molecule has 1 amide bonds. The molecular weight excluding hydrogens is 296 g/mol. The van der Waals surface area contributed by atoms with Gasteiger partial charge in [0.25, 0.3) is 0 Å². The molecule has 1 aliphatic heterocycles. The van der Waals surface area contributed by atoms with Crippen LogP contribution in [0.3, 0.4) is 0 Å². The number of carbonyl (C=O) groups excluding carboxylic acids is 1. The van der Waals surface area contributed by atoms with Gasteiger partial charge in [0.05, 0.1) is 0 Å². The van der Waals surface area contributed by atoms with Gasteiger partial charge >= 0.3 is 0 Å². The zero-order chi connectivity index (χ0) is 15.7. The van der Waals surface area contributed by atoms with Gasteiger partial charge in [-0.25, -0.2) is 0 Å². The largest absolute Gasteiger partial charge is 0.379 e. The third-order valence-electron chi connectivity index (χ3n) is 4.18. The molecule has 0 saturated heterocycles. The molecule has 1 N–H and O–H groups in total. The third-order valence-corrected chi connectivity index (χ3v) is 4.43. The van der Waals surface area contributed by atoms with Crippen molar-refractivity contribution in [2.24, 2.45) is 0 Å². The van der Waals surface area contributed by atoms with Crippen LogP contribution in [0.15, 0.2) is 42.5 Å². The van der Waals surface area contributed by atoms with Crippen LogP contribution in [0.1, 0.15) is 30.5 Å². The fraction of sp³-hybridized carbons (Fsp3) is 0.278. The van der Waals surface area contributed by atoms with Crippen LogP contribution in [-0.2, 0) is 11.2 Å². The van der Waals surface area contributed by atoms with E-state index in [1.165, 1.54) is 11.1 Å². The van der Waals surface area contributed by atoms with Crippen molar-refractivity contribution in [2.45, 2.75) is 25.8 Å². The molecule has 114 valence electrons. The molecule has 0 saturated carbocycles. The van der Waals surface area contributed by atoms with Crippen molar-refractivity contribution in [2.75, 3.05) is 17.3 Å². The number of benzene rings is 2. The lowest BCUT2D eigenvalue weighted by Gasteiger charge is -2.26. The Morgan fingerprint density at radius 1 is 1.14 bits per heavy atom. The predicted octanol–water partition coefficient (Wildman–Crippen LogP) is 4.42. The Kier molecular flexibility index (Phi) is 4.08. The molecule has 0 radical (unpaired) electrons. The van der Waals surface area contributed by atoms with Gasteiger partial charge < -0.3 is 10.2 Å². The van der Waals surface area contributed by atoms with Gasteiger partial charge in [-0.3, -0.25) is 4.79 Å². The van der Waals surface area contributed by atoms with E-state index < -0.39 is 0 Å². The van der Waals surface area contributed by atoms with Crippen LogP contribution in [-0.4, -0.2) is 13.0 Å². The monoisotopic (exact) mass is 314 g/mol. The summed E-state index contributed by atoms with van der Waals surface area (Å²) in [6.07, 6.45) is 1.39. The Labute approximate surface area is 135 Å². The summed E-state index contributed by atoms with van der Waals surface area (Å²) in [5.74, 6) is 0.183. The van der Waals surface area contributed by atoms with Crippen LogP contribution >= 0.6 is 11.6 Å². The van der Waals surface area contributed by atoms with E-state index in [1.54, 1.807) is 4.90 Å². The summed E-state index contributed by atoms with van der Waals surface area (Å²) < 4.78 is 0. The maximum Gasteiger partial charge on any atom is 0.227 e. The van der Waals surface area contributed by atoms with Crippen molar-refractivity contribution in [3.05, 3.63) is 58.6 Å². The number of carbonyl (C=O) groups is 1. The Morgan fingerprint density at radius 2 is 1.86 bits per heavy atom. The van der Waals surface area contributed by atoms with Gasteiger partial charge in [-0.15, -0.1) is 0 Å². The molecule has 0 aromatic heterocycles. The summed E-state index contributed by atoms with van der Waals surface area (Å²) in [5.41, 5.74) is 4.50. The highest BCUT2D eigenvalue weighted by atomic mass is 35.5. The fourth-order valence-corrected chi connectivity index (χ4v) is 2.96. The number of nitrogens with one attached hydrogen (secondary N) is 1. The van der Waals surface area contributed by atoms with Crippen molar-refractivity contribution in [1.29, 1.82) is 0 Å². The van der Waals surface area contributed by atoms with E-state index in [1.807, 2.05) is 43.4 Å². The van der Waals surface area contributed by atoms with Gasteiger partial charge in [-0.2, -0.15) is 0 Å². The van der Waals surface area contributed by atoms with Crippen molar-refractivity contribution >= 4 is 28.9 Å².